The zero-order valence-corrected chi connectivity index (χ0v) is 18.3. The molecule has 7 heteroatoms. The molecule has 29 heavy (non-hydrogen) atoms. The van der Waals surface area contributed by atoms with E-state index in [1.807, 2.05) is 38.3 Å². The van der Waals surface area contributed by atoms with E-state index in [1.165, 1.54) is 5.56 Å². The average molecular weight is 417 g/mol. The van der Waals surface area contributed by atoms with Gasteiger partial charge in [-0.2, -0.15) is 0 Å². The van der Waals surface area contributed by atoms with Crippen molar-refractivity contribution in [3.8, 4) is 10.6 Å². The van der Waals surface area contributed by atoms with Gasteiger partial charge in [-0.05, 0) is 40.5 Å². The summed E-state index contributed by atoms with van der Waals surface area (Å²) in [5.74, 6) is -0.414. The van der Waals surface area contributed by atoms with Gasteiger partial charge >= 0.3 is 12.1 Å². The Morgan fingerprint density at radius 2 is 1.83 bits per heavy atom. The van der Waals surface area contributed by atoms with Crippen molar-refractivity contribution >= 4 is 23.4 Å². The number of thiazole rings is 1. The lowest BCUT2D eigenvalue weighted by atomic mass is 9.97. The number of carbonyl (C=O) groups is 2. The van der Waals surface area contributed by atoms with Gasteiger partial charge in [0.2, 0.25) is 0 Å². The van der Waals surface area contributed by atoms with E-state index in [1.54, 1.807) is 16.2 Å². The highest BCUT2D eigenvalue weighted by molar-refractivity contribution is 7.13. The molecule has 0 atom stereocenters. The third kappa shape index (κ3) is 6.03. The standard InChI is InChI=1S/C22H28N2O4S/c1-15-5-7-16(8-6-15)19-23-18(14-29-19)13-27-20(25)17-9-11-24(12-10-17)21(26)28-22(2,3)4/h5-8,14,17H,9-13H2,1-4H3. The maximum absolute atomic E-state index is 12.4. The molecule has 156 valence electrons. The number of aryl methyl sites for hydroxylation is 1. The maximum atomic E-state index is 12.4. The summed E-state index contributed by atoms with van der Waals surface area (Å²) in [5, 5.41) is 2.84. The van der Waals surface area contributed by atoms with Crippen molar-refractivity contribution in [1.29, 1.82) is 0 Å². The van der Waals surface area contributed by atoms with Crippen LogP contribution in [0.5, 0.6) is 0 Å². The Balaban J connectivity index is 1.46. The first-order valence-electron chi connectivity index (χ1n) is 9.87. The van der Waals surface area contributed by atoms with Gasteiger partial charge in [-0.3, -0.25) is 4.79 Å². The maximum Gasteiger partial charge on any atom is 0.410 e. The van der Waals surface area contributed by atoms with E-state index in [0.717, 1.165) is 16.3 Å². The molecule has 1 aliphatic heterocycles. The molecule has 0 radical (unpaired) electrons. The van der Waals surface area contributed by atoms with E-state index < -0.39 is 5.60 Å². The van der Waals surface area contributed by atoms with Crippen LogP contribution in [0.25, 0.3) is 10.6 Å². The van der Waals surface area contributed by atoms with Gasteiger partial charge in [-0.15, -0.1) is 11.3 Å². The number of ether oxygens (including phenoxy) is 2. The molecule has 0 aliphatic carbocycles. The molecule has 1 aromatic heterocycles. The Hall–Kier alpha value is -2.41. The van der Waals surface area contributed by atoms with E-state index in [4.69, 9.17) is 9.47 Å². The number of likely N-dealkylation sites (tertiary alicyclic amines) is 1. The molecule has 2 heterocycles. The normalized spacial score (nSPS) is 15.2. The van der Waals surface area contributed by atoms with Crippen LogP contribution in [0.15, 0.2) is 29.6 Å². The number of amides is 1. The first-order chi connectivity index (χ1) is 13.7. The minimum atomic E-state index is -0.516. The molecule has 1 aromatic carbocycles. The Bertz CT molecular complexity index is 846. The molecule has 0 bridgehead atoms. The number of hydrogen-bond acceptors (Lipinski definition) is 6. The van der Waals surface area contributed by atoms with Crippen LogP contribution in [-0.2, 0) is 20.9 Å². The molecule has 0 unspecified atom stereocenters. The van der Waals surface area contributed by atoms with Crippen molar-refractivity contribution in [1.82, 2.24) is 9.88 Å². The second-order valence-corrected chi connectivity index (χ2v) is 9.22. The van der Waals surface area contributed by atoms with Gasteiger partial charge < -0.3 is 14.4 Å². The largest absolute Gasteiger partial charge is 0.459 e. The summed E-state index contributed by atoms with van der Waals surface area (Å²) in [6, 6.07) is 8.20. The Morgan fingerprint density at radius 3 is 2.45 bits per heavy atom. The van der Waals surface area contributed by atoms with E-state index in [0.29, 0.717) is 25.9 Å². The second kappa shape index (κ2) is 8.95. The number of rotatable bonds is 4. The minimum absolute atomic E-state index is 0.174. The zero-order chi connectivity index (χ0) is 21.0. The number of benzene rings is 1. The van der Waals surface area contributed by atoms with E-state index >= 15 is 0 Å². The van der Waals surface area contributed by atoms with Gasteiger partial charge in [0.15, 0.2) is 0 Å². The van der Waals surface area contributed by atoms with Crippen LogP contribution in [0, 0.1) is 12.8 Å². The summed E-state index contributed by atoms with van der Waals surface area (Å²) in [4.78, 5) is 30.8. The fraction of sp³-hybridized carbons (Fsp3) is 0.500. The lowest BCUT2D eigenvalue weighted by Gasteiger charge is -2.32. The molecule has 0 N–H and O–H groups in total. The molecule has 6 nitrogen and oxygen atoms in total. The molecule has 0 spiro atoms. The lowest BCUT2D eigenvalue weighted by Crippen LogP contribution is -2.43. The van der Waals surface area contributed by atoms with Gasteiger partial charge in [0.25, 0.3) is 0 Å². The first kappa shape index (κ1) is 21.3. The zero-order valence-electron chi connectivity index (χ0n) is 17.4. The van der Waals surface area contributed by atoms with Crippen LogP contribution >= 0.6 is 11.3 Å². The number of carbonyl (C=O) groups excluding carboxylic acids is 2. The summed E-state index contributed by atoms with van der Waals surface area (Å²) in [5.41, 5.74) is 2.51. The van der Waals surface area contributed by atoms with E-state index in [9.17, 15) is 9.59 Å². The number of piperidine rings is 1. The average Bonchev–Trinajstić information content (AvgIpc) is 3.14. The molecule has 1 fully saturated rings. The Morgan fingerprint density at radius 1 is 1.17 bits per heavy atom. The van der Waals surface area contributed by atoms with E-state index in [2.05, 4.69) is 24.0 Å². The summed E-state index contributed by atoms with van der Waals surface area (Å²) in [6.07, 6.45) is 0.850. The lowest BCUT2D eigenvalue weighted by molar-refractivity contribution is -0.151. The third-order valence-corrected chi connectivity index (χ3v) is 5.63. The molecular weight excluding hydrogens is 388 g/mol. The fourth-order valence-corrected chi connectivity index (χ4v) is 3.90. The predicted molar refractivity (Wildman–Crippen MR) is 113 cm³/mol. The molecule has 3 rings (SSSR count). The topological polar surface area (TPSA) is 68.7 Å². The Labute approximate surface area is 175 Å². The van der Waals surface area contributed by atoms with Gasteiger partial charge in [-0.1, -0.05) is 29.8 Å². The number of nitrogens with zero attached hydrogens (tertiary/aromatic N) is 2. The molecule has 2 aromatic rings. The van der Waals surface area contributed by atoms with Crippen LogP contribution in [0.4, 0.5) is 4.79 Å². The van der Waals surface area contributed by atoms with Crippen LogP contribution in [0.2, 0.25) is 0 Å². The molecule has 1 saturated heterocycles. The monoisotopic (exact) mass is 416 g/mol. The highest BCUT2D eigenvalue weighted by Crippen LogP contribution is 2.25. The minimum Gasteiger partial charge on any atom is -0.459 e. The second-order valence-electron chi connectivity index (χ2n) is 8.36. The highest BCUT2D eigenvalue weighted by atomic mass is 32.1. The SMILES string of the molecule is Cc1ccc(-c2nc(COC(=O)C3CCN(C(=O)OC(C)(C)C)CC3)cs2)cc1. The van der Waals surface area contributed by atoms with Crippen LogP contribution in [-0.4, -0.2) is 40.6 Å². The van der Waals surface area contributed by atoms with Crippen LogP contribution in [0.3, 0.4) is 0 Å². The van der Waals surface area contributed by atoms with Crippen molar-refractivity contribution in [2.75, 3.05) is 13.1 Å². The number of hydrogen-bond donors (Lipinski definition) is 0. The van der Waals surface area contributed by atoms with Crippen LogP contribution in [0.1, 0.15) is 44.9 Å². The van der Waals surface area contributed by atoms with Gasteiger partial charge in [0.05, 0.1) is 11.6 Å². The highest BCUT2D eigenvalue weighted by Gasteiger charge is 2.30. The summed E-state index contributed by atoms with van der Waals surface area (Å²) in [7, 11) is 0. The molecule has 1 aliphatic rings. The smallest absolute Gasteiger partial charge is 0.410 e. The predicted octanol–water partition coefficient (Wildman–Crippen LogP) is 4.81. The van der Waals surface area contributed by atoms with Gasteiger partial charge in [0, 0.05) is 24.0 Å². The number of aromatic nitrogens is 1. The molecule has 1 amide bonds. The quantitative estimate of drug-likeness (QED) is 0.669. The summed E-state index contributed by atoms with van der Waals surface area (Å²) >= 11 is 1.54. The van der Waals surface area contributed by atoms with Crippen LogP contribution < -0.4 is 0 Å². The van der Waals surface area contributed by atoms with Crippen molar-refractivity contribution in [3.05, 3.63) is 40.9 Å². The molecule has 0 saturated carbocycles. The van der Waals surface area contributed by atoms with Crippen molar-refractivity contribution in [2.24, 2.45) is 5.92 Å². The van der Waals surface area contributed by atoms with E-state index in [-0.39, 0.29) is 24.6 Å². The first-order valence-corrected chi connectivity index (χ1v) is 10.8. The van der Waals surface area contributed by atoms with Gasteiger partial charge in [0.1, 0.15) is 17.2 Å². The molecular formula is C22H28N2O4S. The van der Waals surface area contributed by atoms with Crippen molar-refractivity contribution in [2.45, 2.75) is 52.7 Å². The van der Waals surface area contributed by atoms with Crippen molar-refractivity contribution < 1.29 is 19.1 Å². The summed E-state index contributed by atoms with van der Waals surface area (Å²) in [6.45, 7) is 8.76. The Kier molecular flexibility index (Phi) is 6.57. The number of esters is 1. The van der Waals surface area contributed by atoms with Gasteiger partial charge in [-0.25, -0.2) is 9.78 Å². The van der Waals surface area contributed by atoms with Crippen molar-refractivity contribution in [3.63, 3.8) is 0 Å². The summed E-state index contributed by atoms with van der Waals surface area (Å²) < 4.78 is 10.9. The third-order valence-electron chi connectivity index (χ3n) is 4.69. The fourth-order valence-electron chi connectivity index (χ4n) is 3.09.